The maximum atomic E-state index is 15.3. The first-order valence-electron chi connectivity index (χ1n) is 24.5. The van der Waals surface area contributed by atoms with Crippen LogP contribution in [0.2, 0.25) is 10.0 Å². The van der Waals surface area contributed by atoms with Gasteiger partial charge in [-0.25, -0.2) is 18.2 Å². The van der Waals surface area contributed by atoms with E-state index in [1.165, 1.54) is 4.90 Å². The smallest absolute Gasteiger partial charge is 0.329 e. The molecule has 4 aliphatic rings. The number of aromatic nitrogens is 2. The predicted octanol–water partition coefficient (Wildman–Crippen LogP) is 8.83. The van der Waals surface area contributed by atoms with Crippen LogP contribution in [0.25, 0.3) is 5.65 Å². The summed E-state index contributed by atoms with van der Waals surface area (Å²) in [5.74, 6) is 6.94. The fourth-order valence-electron chi connectivity index (χ4n) is 10.9. The number of piperidine rings is 2. The Balaban J connectivity index is 0.878. The van der Waals surface area contributed by atoms with E-state index in [2.05, 4.69) is 32.4 Å². The van der Waals surface area contributed by atoms with E-state index in [-0.39, 0.29) is 54.2 Å². The standard InChI is InChI=1S/C53H65Cl2N7O6S/c1-34(2)45(33-69(67,68)35(3)4)62-50(39-13-15-41(54)16-14-39)44(40-7-6-8-42(55)28-40)29-53(5,51(62)65)30-48(64)57-43-17-11-38(12-18-43)32-59-23-19-36(20-24-59)9-10-37-21-25-60-46(27-37)56-31-49(60)61-26-22-47(63)58-52(61)66/h6-8,13-16,21,25,27-28,31,34-36,38,43-45,50H,11-12,17-20,22-24,26,29-30,32-33H2,1-5H3,(H,57,64)(H,58,63,66)/t38-,43-,44-,45-,50-,53-/m1/s1. The van der Waals surface area contributed by atoms with E-state index in [1.54, 1.807) is 37.1 Å². The summed E-state index contributed by atoms with van der Waals surface area (Å²) in [4.78, 5) is 63.9. The van der Waals surface area contributed by atoms with E-state index in [0.717, 1.165) is 74.8 Å². The van der Waals surface area contributed by atoms with Crippen molar-refractivity contribution in [1.29, 1.82) is 0 Å². The number of pyridine rings is 1. The highest BCUT2D eigenvalue weighted by atomic mass is 35.5. The van der Waals surface area contributed by atoms with Crippen LogP contribution in [0.5, 0.6) is 0 Å². The molecular weight excluding hydrogens is 934 g/mol. The molecule has 2 aromatic heterocycles. The van der Waals surface area contributed by atoms with E-state index in [0.29, 0.717) is 46.3 Å². The molecule has 4 atom stereocenters. The summed E-state index contributed by atoms with van der Waals surface area (Å²) in [6, 6.07) is 17.3. The van der Waals surface area contributed by atoms with Crippen LogP contribution < -0.4 is 15.5 Å². The van der Waals surface area contributed by atoms with E-state index in [4.69, 9.17) is 23.2 Å². The molecule has 2 N–H and O–H groups in total. The molecule has 69 heavy (non-hydrogen) atoms. The number of imidazole rings is 1. The number of nitrogens with zero attached hydrogens (tertiary/aromatic N) is 5. The maximum Gasteiger partial charge on any atom is 0.329 e. The van der Waals surface area contributed by atoms with Crippen LogP contribution in [-0.4, -0.2) is 101 Å². The number of nitrogens with one attached hydrogen (secondary N) is 2. The summed E-state index contributed by atoms with van der Waals surface area (Å²) >= 11 is 13.0. The molecule has 2 aromatic carbocycles. The number of rotatable bonds is 13. The molecule has 3 saturated heterocycles. The monoisotopic (exact) mass is 997 g/mol. The fraction of sp³-hybridized carbons (Fsp3) is 0.528. The minimum absolute atomic E-state index is 0.0148. The Labute approximate surface area is 417 Å². The number of hydrogen-bond acceptors (Lipinski definition) is 8. The van der Waals surface area contributed by atoms with Crippen molar-refractivity contribution in [2.45, 2.75) is 122 Å². The summed E-state index contributed by atoms with van der Waals surface area (Å²) in [5, 5.41) is 6.18. The van der Waals surface area contributed by atoms with Crippen LogP contribution in [0, 0.1) is 35.0 Å². The molecule has 8 rings (SSSR count). The lowest BCUT2D eigenvalue weighted by Crippen LogP contribution is -2.59. The summed E-state index contributed by atoms with van der Waals surface area (Å²) in [7, 11) is -3.58. The number of fused-ring (bicyclic) bond motifs is 1. The van der Waals surface area contributed by atoms with Crippen molar-refractivity contribution in [2.24, 2.45) is 23.2 Å². The zero-order valence-electron chi connectivity index (χ0n) is 40.3. The summed E-state index contributed by atoms with van der Waals surface area (Å²) in [5.41, 5.74) is 2.19. The number of urea groups is 1. The largest absolute Gasteiger partial charge is 0.353 e. The van der Waals surface area contributed by atoms with Crippen LogP contribution in [0.15, 0.2) is 73.1 Å². The topological polar surface area (TPSA) is 154 Å². The Morgan fingerprint density at radius 3 is 2.30 bits per heavy atom. The van der Waals surface area contributed by atoms with Crippen LogP contribution in [0.4, 0.5) is 10.6 Å². The van der Waals surface area contributed by atoms with Crippen LogP contribution in [-0.2, 0) is 24.2 Å². The lowest BCUT2D eigenvalue weighted by atomic mass is 9.66. The lowest BCUT2D eigenvalue weighted by molar-refractivity contribution is -0.158. The van der Waals surface area contributed by atoms with E-state index in [1.807, 2.05) is 79.9 Å². The van der Waals surface area contributed by atoms with Gasteiger partial charge in [0.1, 0.15) is 11.5 Å². The summed E-state index contributed by atoms with van der Waals surface area (Å²) in [6.45, 7) is 12.4. The van der Waals surface area contributed by atoms with E-state index < -0.39 is 38.6 Å². The number of carbonyl (C=O) groups is 4. The Hall–Kier alpha value is -4.94. The summed E-state index contributed by atoms with van der Waals surface area (Å²) in [6.07, 6.45) is 9.85. The first kappa shape index (κ1) is 50.4. The molecule has 3 aliphatic heterocycles. The Morgan fingerprint density at radius 2 is 1.64 bits per heavy atom. The van der Waals surface area contributed by atoms with Gasteiger partial charge in [-0.2, -0.15) is 0 Å². The molecule has 0 spiro atoms. The van der Waals surface area contributed by atoms with Gasteiger partial charge >= 0.3 is 6.03 Å². The average molecular weight is 999 g/mol. The van der Waals surface area contributed by atoms with Crippen LogP contribution in [0.3, 0.4) is 0 Å². The van der Waals surface area contributed by atoms with Crippen molar-refractivity contribution in [2.75, 3.05) is 36.8 Å². The molecule has 13 nitrogen and oxygen atoms in total. The first-order valence-corrected chi connectivity index (χ1v) is 27.0. The van der Waals surface area contributed by atoms with Crippen molar-refractivity contribution >= 4 is 68.3 Å². The molecule has 1 aliphatic carbocycles. The number of benzene rings is 2. The number of anilines is 1. The van der Waals surface area contributed by atoms with Gasteiger partial charge in [0.25, 0.3) is 0 Å². The predicted molar refractivity (Wildman–Crippen MR) is 271 cm³/mol. The van der Waals surface area contributed by atoms with Gasteiger partial charge in [0.05, 0.1) is 28.7 Å². The zero-order chi connectivity index (χ0) is 49.2. The third-order valence-electron chi connectivity index (χ3n) is 14.9. The van der Waals surface area contributed by atoms with E-state index in [9.17, 15) is 22.8 Å². The third-order valence-corrected chi connectivity index (χ3v) is 17.7. The third kappa shape index (κ3) is 11.6. The van der Waals surface area contributed by atoms with Gasteiger partial charge in [0.2, 0.25) is 17.7 Å². The zero-order valence-corrected chi connectivity index (χ0v) is 42.6. The van der Waals surface area contributed by atoms with Gasteiger partial charge in [0.15, 0.2) is 9.84 Å². The molecule has 4 aromatic rings. The Bertz CT molecular complexity index is 2720. The molecule has 368 valence electrons. The number of likely N-dealkylation sites (tertiary alicyclic amines) is 2. The highest BCUT2D eigenvalue weighted by molar-refractivity contribution is 7.92. The lowest BCUT2D eigenvalue weighted by Gasteiger charge is -2.53. The van der Waals surface area contributed by atoms with Gasteiger partial charge in [0, 0.05) is 71.7 Å². The van der Waals surface area contributed by atoms with Crippen molar-refractivity contribution < 1.29 is 27.6 Å². The molecule has 0 bridgehead atoms. The number of amides is 5. The first-order chi connectivity index (χ1) is 32.9. The van der Waals surface area contributed by atoms with Gasteiger partial charge in [-0.15, -0.1) is 0 Å². The molecular formula is C53H65Cl2N7O6S. The van der Waals surface area contributed by atoms with E-state index >= 15 is 4.79 Å². The van der Waals surface area contributed by atoms with Gasteiger partial charge in [-0.3, -0.25) is 29.0 Å². The molecule has 4 fully saturated rings. The highest BCUT2D eigenvalue weighted by Gasteiger charge is 2.53. The Kier molecular flexibility index (Phi) is 15.5. The minimum atomic E-state index is -3.58. The number of carbonyl (C=O) groups excluding carboxylic acids is 4. The van der Waals surface area contributed by atoms with Gasteiger partial charge < -0.3 is 15.1 Å². The van der Waals surface area contributed by atoms with Gasteiger partial charge in [-0.1, -0.05) is 80.1 Å². The molecule has 1 saturated carbocycles. The normalized spacial score (nSPS) is 24.6. The minimum Gasteiger partial charge on any atom is -0.353 e. The molecule has 0 radical (unpaired) electrons. The molecule has 16 heteroatoms. The van der Waals surface area contributed by atoms with Crippen molar-refractivity contribution in [3.05, 3.63) is 99.8 Å². The molecule has 0 unspecified atom stereocenters. The van der Waals surface area contributed by atoms with Crippen LogP contribution in [0.1, 0.15) is 121 Å². The second-order valence-corrected chi connectivity index (χ2v) is 24.1. The van der Waals surface area contributed by atoms with Crippen molar-refractivity contribution in [1.82, 2.24) is 29.8 Å². The SMILES string of the molecule is CC(C)[C@@H](CS(=O)(=O)C(C)C)N1C(=O)[C@@](C)(CC(=O)N[C@H]2CC[C@H](CN3CCC(C#Cc4ccn5c(N6CCC(=O)NC6=O)cnc5c4)CC3)CC2)C[C@H](c2cccc(Cl)c2)[C@H]1c1ccc(Cl)cc1. The molecule has 5 amide bonds. The Morgan fingerprint density at radius 1 is 0.913 bits per heavy atom. The summed E-state index contributed by atoms with van der Waals surface area (Å²) < 4.78 is 29.2. The maximum absolute atomic E-state index is 15.3. The number of hydrogen-bond donors (Lipinski definition) is 2. The average Bonchev–Trinajstić information content (AvgIpc) is 3.72. The van der Waals surface area contributed by atoms with Gasteiger partial charge in [-0.05, 0) is 131 Å². The number of halogens is 2. The second-order valence-electron chi connectivity index (χ2n) is 20.6. The fourth-order valence-corrected chi connectivity index (χ4v) is 12.6. The van der Waals surface area contributed by atoms with Crippen LogP contribution >= 0.6 is 23.2 Å². The molecule has 5 heterocycles. The number of imide groups is 1. The van der Waals surface area contributed by atoms with Crippen molar-refractivity contribution in [3.8, 4) is 11.8 Å². The quantitative estimate of drug-likeness (QED) is 0.126. The second kappa shape index (κ2) is 21.2. The highest BCUT2D eigenvalue weighted by Crippen LogP contribution is 2.53. The van der Waals surface area contributed by atoms with Crippen molar-refractivity contribution in [3.63, 3.8) is 0 Å². The number of sulfone groups is 1.